The van der Waals surface area contributed by atoms with Gasteiger partial charge in [-0.05, 0) is 32.8 Å². The predicted molar refractivity (Wildman–Crippen MR) is 78.9 cm³/mol. The van der Waals surface area contributed by atoms with Gasteiger partial charge in [-0.25, -0.2) is 9.78 Å². The highest BCUT2D eigenvalue weighted by atomic mass is 16.5. The minimum atomic E-state index is -0.519. The lowest BCUT2D eigenvalue weighted by atomic mass is 10.2. The van der Waals surface area contributed by atoms with E-state index in [-0.39, 0.29) is 24.1 Å². The topological polar surface area (TPSA) is 106 Å². The number of nitrogens with zero attached hydrogens (tertiary/aromatic N) is 1. The van der Waals surface area contributed by atoms with E-state index in [4.69, 9.17) is 10.5 Å². The van der Waals surface area contributed by atoms with Crippen molar-refractivity contribution in [2.24, 2.45) is 0 Å². The third-order valence-electron chi connectivity index (χ3n) is 3.07. The van der Waals surface area contributed by atoms with Crippen molar-refractivity contribution in [1.82, 2.24) is 10.3 Å². The minimum absolute atomic E-state index is 0.120. The zero-order valence-electron chi connectivity index (χ0n) is 12.2. The second kappa shape index (κ2) is 6.43. The molecule has 114 valence electrons. The third kappa shape index (κ3) is 4.08. The normalized spacial score (nSPS) is 15.1. The molecule has 2 rings (SSSR count). The number of hydrogen-bond donors (Lipinski definition) is 3. The van der Waals surface area contributed by atoms with Crippen LogP contribution in [-0.2, 0) is 9.53 Å². The molecule has 1 amide bonds. The lowest BCUT2D eigenvalue weighted by Crippen LogP contribution is -2.39. The van der Waals surface area contributed by atoms with Crippen LogP contribution in [0.5, 0.6) is 0 Å². The second-order valence-electron chi connectivity index (χ2n) is 5.03. The molecule has 1 saturated carbocycles. The Morgan fingerprint density at radius 2 is 2.24 bits per heavy atom. The maximum atomic E-state index is 11.9. The Morgan fingerprint density at radius 3 is 2.86 bits per heavy atom. The lowest BCUT2D eigenvalue weighted by molar-refractivity contribution is -0.121. The SMILES string of the molecule is CCOC(=O)c1cc(N)cnc1NC(C)C(=O)NC1CC1. The van der Waals surface area contributed by atoms with Gasteiger partial charge in [0.2, 0.25) is 5.91 Å². The highest BCUT2D eigenvalue weighted by molar-refractivity contribution is 5.96. The van der Waals surface area contributed by atoms with E-state index in [0.29, 0.717) is 11.5 Å². The summed E-state index contributed by atoms with van der Waals surface area (Å²) in [6, 6.07) is 1.26. The van der Waals surface area contributed by atoms with Crippen LogP contribution in [0, 0.1) is 0 Å². The number of carbonyl (C=O) groups excluding carboxylic acids is 2. The van der Waals surface area contributed by atoms with Gasteiger partial charge in [-0.1, -0.05) is 0 Å². The monoisotopic (exact) mass is 292 g/mol. The highest BCUT2D eigenvalue weighted by Crippen LogP contribution is 2.20. The number of nitrogen functional groups attached to an aromatic ring is 1. The fraction of sp³-hybridized carbons (Fsp3) is 0.500. The van der Waals surface area contributed by atoms with Crippen LogP contribution in [-0.4, -0.2) is 35.6 Å². The van der Waals surface area contributed by atoms with Crippen LogP contribution in [0.4, 0.5) is 11.5 Å². The number of nitrogens with two attached hydrogens (primary N) is 1. The van der Waals surface area contributed by atoms with E-state index in [0.717, 1.165) is 12.8 Å². The maximum Gasteiger partial charge on any atom is 0.341 e. The molecule has 1 unspecified atom stereocenters. The third-order valence-corrected chi connectivity index (χ3v) is 3.07. The Balaban J connectivity index is 2.10. The number of nitrogens with one attached hydrogen (secondary N) is 2. The molecule has 1 aromatic heterocycles. The average molecular weight is 292 g/mol. The summed E-state index contributed by atoms with van der Waals surface area (Å²) in [6.07, 6.45) is 3.47. The number of ether oxygens (including phenoxy) is 1. The van der Waals surface area contributed by atoms with Crippen LogP contribution in [0.3, 0.4) is 0 Å². The van der Waals surface area contributed by atoms with Gasteiger partial charge < -0.3 is 21.1 Å². The Bertz CT molecular complexity index is 543. The van der Waals surface area contributed by atoms with E-state index < -0.39 is 12.0 Å². The van der Waals surface area contributed by atoms with Gasteiger partial charge in [0.1, 0.15) is 17.4 Å². The molecule has 1 aliphatic carbocycles. The largest absolute Gasteiger partial charge is 0.462 e. The molecule has 7 heteroatoms. The zero-order chi connectivity index (χ0) is 15.4. The summed E-state index contributed by atoms with van der Waals surface area (Å²) in [5, 5.41) is 5.82. The van der Waals surface area contributed by atoms with Crippen LogP contribution in [0.1, 0.15) is 37.0 Å². The highest BCUT2D eigenvalue weighted by Gasteiger charge is 2.26. The fourth-order valence-corrected chi connectivity index (χ4v) is 1.78. The Labute approximate surface area is 123 Å². The number of anilines is 2. The number of carbonyl (C=O) groups is 2. The summed E-state index contributed by atoms with van der Waals surface area (Å²) in [6.45, 7) is 3.69. The molecule has 0 spiro atoms. The van der Waals surface area contributed by atoms with E-state index >= 15 is 0 Å². The van der Waals surface area contributed by atoms with Crippen molar-refractivity contribution < 1.29 is 14.3 Å². The summed E-state index contributed by atoms with van der Waals surface area (Å²) in [7, 11) is 0. The first kappa shape index (κ1) is 15.1. The standard InChI is InChI=1S/C14H20N4O3/c1-3-21-14(20)11-6-9(15)7-16-12(11)17-8(2)13(19)18-10-4-5-10/h6-8,10H,3-5,15H2,1-2H3,(H,16,17)(H,18,19). The Morgan fingerprint density at radius 1 is 1.52 bits per heavy atom. The fourth-order valence-electron chi connectivity index (χ4n) is 1.78. The molecule has 1 aliphatic rings. The minimum Gasteiger partial charge on any atom is -0.462 e. The molecular formula is C14H20N4O3. The van der Waals surface area contributed by atoms with Crippen molar-refractivity contribution in [1.29, 1.82) is 0 Å². The maximum absolute atomic E-state index is 11.9. The van der Waals surface area contributed by atoms with Crippen LogP contribution in [0.2, 0.25) is 0 Å². The molecule has 4 N–H and O–H groups in total. The lowest BCUT2D eigenvalue weighted by Gasteiger charge is -2.16. The molecule has 0 aromatic carbocycles. The quantitative estimate of drug-likeness (QED) is 0.673. The first-order valence-corrected chi connectivity index (χ1v) is 7.00. The summed E-state index contributed by atoms with van der Waals surface area (Å²) >= 11 is 0. The van der Waals surface area contributed by atoms with Crippen molar-refractivity contribution in [3.05, 3.63) is 17.8 Å². The molecule has 1 heterocycles. The number of pyridine rings is 1. The molecule has 1 atom stereocenters. The van der Waals surface area contributed by atoms with Gasteiger partial charge in [-0.3, -0.25) is 4.79 Å². The molecule has 0 radical (unpaired) electrons. The van der Waals surface area contributed by atoms with E-state index in [2.05, 4.69) is 15.6 Å². The predicted octanol–water partition coefficient (Wildman–Crippen LogP) is 0.919. The van der Waals surface area contributed by atoms with Crippen LogP contribution in [0.25, 0.3) is 0 Å². The van der Waals surface area contributed by atoms with Gasteiger partial charge in [0.05, 0.1) is 18.5 Å². The molecule has 1 fully saturated rings. The smallest absolute Gasteiger partial charge is 0.341 e. The van der Waals surface area contributed by atoms with E-state index in [1.165, 1.54) is 12.3 Å². The average Bonchev–Trinajstić information content (AvgIpc) is 3.24. The van der Waals surface area contributed by atoms with Crippen LogP contribution < -0.4 is 16.4 Å². The molecule has 0 aliphatic heterocycles. The summed E-state index contributed by atoms with van der Waals surface area (Å²) in [5.41, 5.74) is 6.23. The van der Waals surface area contributed by atoms with E-state index in [1.54, 1.807) is 13.8 Å². The molecule has 0 saturated heterocycles. The first-order valence-electron chi connectivity index (χ1n) is 7.00. The molecule has 0 bridgehead atoms. The van der Waals surface area contributed by atoms with Crippen molar-refractivity contribution in [3.8, 4) is 0 Å². The first-order chi connectivity index (χ1) is 10.0. The van der Waals surface area contributed by atoms with Crippen molar-refractivity contribution in [2.75, 3.05) is 17.7 Å². The van der Waals surface area contributed by atoms with Crippen molar-refractivity contribution in [3.63, 3.8) is 0 Å². The van der Waals surface area contributed by atoms with E-state index in [1.807, 2.05) is 0 Å². The zero-order valence-corrected chi connectivity index (χ0v) is 12.2. The Hall–Kier alpha value is -2.31. The molecule has 21 heavy (non-hydrogen) atoms. The number of hydrogen-bond acceptors (Lipinski definition) is 6. The van der Waals surface area contributed by atoms with Gasteiger partial charge in [0, 0.05) is 6.04 Å². The van der Waals surface area contributed by atoms with Crippen molar-refractivity contribution >= 4 is 23.4 Å². The van der Waals surface area contributed by atoms with Crippen LogP contribution >= 0.6 is 0 Å². The number of amides is 1. The number of rotatable bonds is 6. The molecular weight excluding hydrogens is 272 g/mol. The summed E-state index contributed by atoms with van der Waals surface area (Å²) in [4.78, 5) is 27.9. The van der Waals surface area contributed by atoms with Gasteiger partial charge in [-0.2, -0.15) is 0 Å². The number of esters is 1. The molecule has 1 aromatic rings. The number of aromatic nitrogens is 1. The van der Waals surface area contributed by atoms with Gasteiger partial charge >= 0.3 is 5.97 Å². The van der Waals surface area contributed by atoms with Gasteiger partial charge in [0.25, 0.3) is 0 Å². The summed E-state index contributed by atoms with van der Waals surface area (Å²) < 4.78 is 4.97. The van der Waals surface area contributed by atoms with Crippen molar-refractivity contribution in [2.45, 2.75) is 38.8 Å². The van der Waals surface area contributed by atoms with Gasteiger partial charge in [0.15, 0.2) is 0 Å². The Kier molecular flexibility index (Phi) is 4.62. The van der Waals surface area contributed by atoms with Gasteiger partial charge in [-0.15, -0.1) is 0 Å². The summed E-state index contributed by atoms with van der Waals surface area (Å²) in [5.74, 6) is -0.346. The second-order valence-corrected chi connectivity index (χ2v) is 5.03. The van der Waals surface area contributed by atoms with Crippen LogP contribution in [0.15, 0.2) is 12.3 Å². The molecule has 7 nitrogen and oxygen atoms in total. The van der Waals surface area contributed by atoms with E-state index in [9.17, 15) is 9.59 Å².